The van der Waals surface area contributed by atoms with Crippen LogP contribution in [-0.4, -0.2) is 42.9 Å². The number of aryl methyl sites for hydroxylation is 1. The van der Waals surface area contributed by atoms with E-state index in [0.717, 1.165) is 63.4 Å². The molecule has 1 aromatic carbocycles. The van der Waals surface area contributed by atoms with Gasteiger partial charge in [-0.2, -0.15) is 0 Å². The fourth-order valence-electron chi connectivity index (χ4n) is 3.00. The fraction of sp³-hybridized carbons (Fsp3) is 0.600. The lowest BCUT2D eigenvalue weighted by Gasteiger charge is -2.20. The van der Waals surface area contributed by atoms with E-state index in [0.29, 0.717) is 18.5 Å². The van der Waals surface area contributed by atoms with Crippen molar-refractivity contribution in [3.8, 4) is 0 Å². The number of carbonyl (C=O) groups is 1. The minimum atomic E-state index is -0.197. The Balaban J connectivity index is 0.00000364. The van der Waals surface area contributed by atoms with Crippen LogP contribution in [0.3, 0.4) is 0 Å². The second-order valence-corrected chi connectivity index (χ2v) is 6.75. The molecule has 1 aliphatic rings. The summed E-state index contributed by atoms with van der Waals surface area (Å²) in [6.07, 6.45) is 4.85. The molecule has 1 saturated heterocycles. The molecular formula is C20H32FIN4O. The van der Waals surface area contributed by atoms with E-state index in [1.165, 1.54) is 6.07 Å². The highest BCUT2D eigenvalue weighted by atomic mass is 127. The van der Waals surface area contributed by atoms with Gasteiger partial charge in [0.1, 0.15) is 5.82 Å². The van der Waals surface area contributed by atoms with E-state index in [2.05, 4.69) is 15.6 Å². The Morgan fingerprint density at radius 3 is 2.81 bits per heavy atom. The number of benzene rings is 1. The van der Waals surface area contributed by atoms with Gasteiger partial charge < -0.3 is 15.5 Å². The van der Waals surface area contributed by atoms with E-state index in [1.54, 1.807) is 13.0 Å². The second-order valence-electron chi connectivity index (χ2n) is 6.75. The third-order valence-corrected chi connectivity index (χ3v) is 4.57. The average Bonchev–Trinajstić information content (AvgIpc) is 2.83. The summed E-state index contributed by atoms with van der Waals surface area (Å²) in [6, 6.07) is 5.21. The topological polar surface area (TPSA) is 56.7 Å². The summed E-state index contributed by atoms with van der Waals surface area (Å²) in [5.41, 5.74) is 1.49. The first-order valence-electron chi connectivity index (χ1n) is 9.65. The van der Waals surface area contributed by atoms with E-state index in [1.807, 2.05) is 17.9 Å². The minimum absolute atomic E-state index is 0. The molecule has 152 valence electrons. The highest BCUT2D eigenvalue weighted by Gasteiger charge is 2.15. The Bertz CT molecular complexity index is 624. The van der Waals surface area contributed by atoms with Crippen LogP contribution in [-0.2, 0) is 11.3 Å². The Morgan fingerprint density at radius 2 is 2.07 bits per heavy atom. The summed E-state index contributed by atoms with van der Waals surface area (Å²) in [7, 11) is 0. The smallest absolute Gasteiger partial charge is 0.222 e. The van der Waals surface area contributed by atoms with Crippen molar-refractivity contribution in [3.05, 3.63) is 35.1 Å². The van der Waals surface area contributed by atoms with Crippen molar-refractivity contribution in [3.63, 3.8) is 0 Å². The molecule has 1 fully saturated rings. The molecule has 0 bridgehead atoms. The molecule has 1 heterocycles. The molecule has 2 rings (SSSR count). The van der Waals surface area contributed by atoms with Crippen LogP contribution in [0.25, 0.3) is 0 Å². The largest absolute Gasteiger partial charge is 0.357 e. The van der Waals surface area contributed by atoms with Crippen LogP contribution in [0.4, 0.5) is 4.39 Å². The van der Waals surface area contributed by atoms with Gasteiger partial charge in [-0.25, -0.2) is 9.38 Å². The second kappa shape index (κ2) is 12.9. The van der Waals surface area contributed by atoms with Gasteiger partial charge in [-0.3, -0.25) is 4.79 Å². The Morgan fingerprint density at radius 1 is 1.26 bits per heavy atom. The van der Waals surface area contributed by atoms with E-state index in [4.69, 9.17) is 0 Å². The number of hydrogen-bond acceptors (Lipinski definition) is 2. The Kier molecular flexibility index (Phi) is 11.3. The highest BCUT2D eigenvalue weighted by Crippen LogP contribution is 2.11. The lowest BCUT2D eigenvalue weighted by atomic mass is 10.1. The van der Waals surface area contributed by atoms with E-state index in [9.17, 15) is 9.18 Å². The third-order valence-electron chi connectivity index (χ3n) is 4.57. The van der Waals surface area contributed by atoms with Crippen molar-refractivity contribution in [2.75, 3.05) is 26.2 Å². The van der Waals surface area contributed by atoms with Crippen molar-refractivity contribution in [2.45, 2.75) is 52.5 Å². The molecule has 0 unspecified atom stereocenters. The molecule has 27 heavy (non-hydrogen) atoms. The third kappa shape index (κ3) is 8.45. The maximum Gasteiger partial charge on any atom is 0.222 e. The quantitative estimate of drug-likeness (QED) is 0.266. The van der Waals surface area contributed by atoms with Gasteiger partial charge in [0.2, 0.25) is 5.91 Å². The first-order valence-corrected chi connectivity index (χ1v) is 9.65. The average molecular weight is 490 g/mol. The van der Waals surface area contributed by atoms with Gasteiger partial charge in [0, 0.05) is 32.6 Å². The maximum absolute atomic E-state index is 13.6. The van der Waals surface area contributed by atoms with Crippen LogP contribution in [0.1, 0.15) is 50.2 Å². The summed E-state index contributed by atoms with van der Waals surface area (Å²) >= 11 is 0. The van der Waals surface area contributed by atoms with Crippen LogP contribution in [0.2, 0.25) is 0 Å². The van der Waals surface area contributed by atoms with Gasteiger partial charge in [0.15, 0.2) is 5.96 Å². The zero-order valence-corrected chi connectivity index (χ0v) is 18.7. The van der Waals surface area contributed by atoms with Crippen molar-refractivity contribution in [1.29, 1.82) is 0 Å². The van der Waals surface area contributed by atoms with Crippen LogP contribution in [0.15, 0.2) is 23.2 Å². The van der Waals surface area contributed by atoms with Crippen LogP contribution >= 0.6 is 24.0 Å². The lowest BCUT2D eigenvalue weighted by molar-refractivity contribution is -0.130. The van der Waals surface area contributed by atoms with Gasteiger partial charge in [0.25, 0.3) is 0 Å². The number of nitrogens with one attached hydrogen (secondary N) is 2. The van der Waals surface area contributed by atoms with Crippen molar-refractivity contribution in [2.24, 2.45) is 4.99 Å². The molecule has 0 radical (unpaired) electrons. The summed E-state index contributed by atoms with van der Waals surface area (Å²) in [6.45, 7) is 7.37. The van der Waals surface area contributed by atoms with E-state index < -0.39 is 0 Å². The van der Waals surface area contributed by atoms with Crippen LogP contribution in [0.5, 0.6) is 0 Å². The molecule has 0 spiro atoms. The number of likely N-dealkylation sites (tertiary alicyclic amines) is 1. The summed E-state index contributed by atoms with van der Waals surface area (Å²) < 4.78 is 13.6. The highest BCUT2D eigenvalue weighted by molar-refractivity contribution is 14.0. The van der Waals surface area contributed by atoms with Gasteiger partial charge in [-0.15, -0.1) is 24.0 Å². The predicted molar refractivity (Wildman–Crippen MR) is 119 cm³/mol. The number of amides is 1. The summed E-state index contributed by atoms with van der Waals surface area (Å²) in [4.78, 5) is 18.5. The minimum Gasteiger partial charge on any atom is -0.357 e. The molecule has 5 nitrogen and oxygen atoms in total. The summed E-state index contributed by atoms with van der Waals surface area (Å²) in [5, 5.41) is 6.49. The standard InChI is InChI=1S/C20H31FN4O.HI/c1-3-22-20(24-15-17-10-9-16(2)18(21)14-17)23-11-7-13-25-12-6-4-5-8-19(25)26;/h9-10,14H,3-8,11-13,15H2,1-2H3,(H2,22,23,24);1H. The number of aliphatic imine (C=N–C) groups is 1. The Hall–Kier alpha value is -1.38. The number of guanidine groups is 1. The van der Waals surface area contributed by atoms with Crippen LogP contribution < -0.4 is 10.6 Å². The molecule has 0 saturated carbocycles. The zero-order chi connectivity index (χ0) is 18.8. The molecule has 0 aromatic heterocycles. The van der Waals surface area contributed by atoms with Gasteiger partial charge in [-0.1, -0.05) is 18.6 Å². The van der Waals surface area contributed by atoms with Gasteiger partial charge >= 0.3 is 0 Å². The first-order chi connectivity index (χ1) is 12.6. The van der Waals surface area contributed by atoms with E-state index >= 15 is 0 Å². The fourth-order valence-corrected chi connectivity index (χ4v) is 3.00. The van der Waals surface area contributed by atoms with Crippen molar-refractivity contribution < 1.29 is 9.18 Å². The molecule has 1 amide bonds. The SMILES string of the molecule is CCNC(=NCc1ccc(C)c(F)c1)NCCCN1CCCCCC1=O.I. The normalized spacial score (nSPS) is 15.1. The number of rotatable bonds is 7. The number of halogens is 2. The predicted octanol–water partition coefficient (Wildman–Crippen LogP) is 3.60. The molecule has 2 N–H and O–H groups in total. The number of nitrogens with zero attached hydrogens (tertiary/aromatic N) is 2. The first kappa shape index (κ1) is 23.7. The molecule has 7 heteroatoms. The summed E-state index contributed by atoms with van der Waals surface area (Å²) in [5.74, 6) is 0.804. The van der Waals surface area contributed by atoms with E-state index in [-0.39, 0.29) is 35.7 Å². The molecule has 1 aromatic rings. The van der Waals surface area contributed by atoms with Gasteiger partial charge in [-0.05, 0) is 50.3 Å². The Labute approximate surface area is 179 Å². The lowest BCUT2D eigenvalue weighted by Crippen LogP contribution is -2.39. The zero-order valence-electron chi connectivity index (χ0n) is 16.4. The molecule has 0 atom stereocenters. The monoisotopic (exact) mass is 490 g/mol. The molecule has 1 aliphatic heterocycles. The molecular weight excluding hydrogens is 458 g/mol. The van der Waals surface area contributed by atoms with Crippen molar-refractivity contribution >= 4 is 35.8 Å². The maximum atomic E-state index is 13.6. The molecule has 0 aliphatic carbocycles. The number of hydrogen-bond donors (Lipinski definition) is 2. The number of carbonyl (C=O) groups excluding carboxylic acids is 1. The van der Waals surface area contributed by atoms with Crippen LogP contribution in [0, 0.1) is 12.7 Å². The van der Waals surface area contributed by atoms with Crippen molar-refractivity contribution in [1.82, 2.24) is 15.5 Å². The van der Waals surface area contributed by atoms with Gasteiger partial charge in [0.05, 0.1) is 6.54 Å².